The van der Waals surface area contributed by atoms with Crippen LogP contribution in [0.3, 0.4) is 0 Å². The van der Waals surface area contributed by atoms with E-state index in [1.807, 2.05) is 11.8 Å². The second kappa shape index (κ2) is 8.43. The Morgan fingerprint density at radius 3 is 2.26 bits per heavy atom. The van der Waals surface area contributed by atoms with Crippen LogP contribution in [0.2, 0.25) is 0 Å². The summed E-state index contributed by atoms with van der Waals surface area (Å²) in [7, 11) is -3.67. The van der Waals surface area contributed by atoms with Crippen LogP contribution in [-0.4, -0.2) is 38.9 Å². The lowest BCUT2D eigenvalue weighted by atomic mass is 10.1. The first-order valence-electron chi connectivity index (χ1n) is 9.10. The molecule has 0 saturated carbocycles. The third-order valence-electron chi connectivity index (χ3n) is 4.47. The van der Waals surface area contributed by atoms with Crippen LogP contribution >= 0.6 is 0 Å². The van der Waals surface area contributed by atoms with Crippen molar-refractivity contribution in [2.75, 3.05) is 24.4 Å². The zero-order valence-corrected chi connectivity index (χ0v) is 16.2. The van der Waals surface area contributed by atoms with Gasteiger partial charge in [0.2, 0.25) is 5.91 Å². The first-order chi connectivity index (χ1) is 13.0. The number of rotatable bonds is 7. The average molecular weight is 388 g/mol. The molecule has 1 amide bonds. The van der Waals surface area contributed by atoms with Gasteiger partial charge < -0.3 is 9.64 Å². The van der Waals surface area contributed by atoms with Crippen molar-refractivity contribution < 1.29 is 17.9 Å². The third kappa shape index (κ3) is 5.01. The zero-order valence-electron chi connectivity index (χ0n) is 15.3. The minimum Gasteiger partial charge on any atom is -0.494 e. The van der Waals surface area contributed by atoms with E-state index in [-0.39, 0.29) is 10.8 Å². The summed E-state index contributed by atoms with van der Waals surface area (Å²) in [4.78, 5) is 14.2. The molecule has 0 unspecified atom stereocenters. The highest BCUT2D eigenvalue weighted by atomic mass is 32.2. The van der Waals surface area contributed by atoms with Gasteiger partial charge in [0.15, 0.2) is 0 Å². The molecule has 1 aliphatic rings. The van der Waals surface area contributed by atoms with Crippen LogP contribution in [-0.2, 0) is 21.2 Å². The first-order valence-corrected chi connectivity index (χ1v) is 10.6. The number of carbonyl (C=O) groups is 1. The Labute approximate surface area is 160 Å². The molecule has 1 fully saturated rings. The van der Waals surface area contributed by atoms with Crippen LogP contribution in [0.1, 0.15) is 25.3 Å². The Kier molecular flexibility index (Phi) is 6.01. The molecular formula is C20H24N2O4S. The minimum atomic E-state index is -3.67. The van der Waals surface area contributed by atoms with E-state index >= 15 is 0 Å². The largest absolute Gasteiger partial charge is 0.494 e. The molecule has 0 bridgehead atoms. The monoisotopic (exact) mass is 388 g/mol. The molecule has 27 heavy (non-hydrogen) atoms. The summed E-state index contributed by atoms with van der Waals surface area (Å²) < 4.78 is 32.9. The summed E-state index contributed by atoms with van der Waals surface area (Å²) in [5, 5.41) is 0. The minimum absolute atomic E-state index is 0.121. The molecule has 0 aliphatic carbocycles. The number of nitrogens with one attached hydrogen (secondary N) is 1. The van der Waals surface area contributed by atoms with Gasteiger partial charge in [-0.25, -0.2) is 8.42 Å². The number of amides is 1. The Hall–Kier alpha value is -2.54. The SMILES string of the molecule is CCOc1ccc(S(=O)(=O)Nc2ccc(CC(=O)N3CCCC3)cc2)cc1. The fraction of sp³-hybridized carbons (Fsp3) is 0.350. The van der Waals surface area contributed by atoms with E-state index in [0.29, 0.717) is 24.5 Å². The highest BCUT2D eigenvalue weighted by Crippen LogP contribution is 2.20. The predicted octanol–water partition coefficient (Wildman–Crippen LogP) is 3.05. The molecule has 1 aliphatic heterocycles. The highest BCUT2D eigenvalue weighted by Gasteiger charge is 2.18. The number of ether oxygens (including phenoxy) is 1. The predicted molar refractivity (Wildman–Crippen MR) is 104 cm³/mol. The molecule has 2 aromatic rings. The maximum absolute atomic E-state index is 12.5. The van der Waals surface area contributed by atoms with Gasteiger partial charge in [-0.3, -0.25) is 9.52 Å². The number of carbonyl (C=O) groups excluding carboxylic acids is 1. The van der Waals surface area contributed by atoms with E-state index in [2.05, 4.69) is 4.72 Å². The first kappa shape index (κ1) is 19.2. The standard InChI is InChI=1S/C20H24N2O4S/c1-2-26-18-9-11-19(12-10-18)27(24,25)21-17-7-5-16(6-8-17)15-20(23)22-13-3-4-14-22/h5-12,21H,2-4,13-15H2,1H3. The number of sulfonamides is 1. The van der Waals surface area contributed by atoms with Crippen molar-refractivity contribution in [3.8, 4) is 5.75 Å². The smallest absolute Gasteiger partial charge is 0.261 e. The van der Waals surface area contributed by atoms with Crippen LogP contribution < -0.4 is 9.46 Å². The van der Waals surface area contributed by atoms with Crippen molar-refractivity contribution in [3.63, 3.8) is 0 Å². The molecule has 3 rings (SSSR count). The van der Waals surface area contributed by atoms with Crippen molar-refractivity contribution in [1.82, 2.24) is 4.90 Å². The summed E-state index contributed by atoms with van der Waals surface area (Å²) >= 11 is 0. The lowest BCUT2D eigenvalue weighted by Crippen LogP contribution is -2.29. The van der Waals surface area contributed by atoms with Crippen molar-refractivity contribution in [2.45, 2.75) is 31.1 Å². The summed E-state index contributed by atoms with van der Waals surface area (Å²) in [6.07, 6.45) is 2.47. The van der Waals surface area contributed by atoms with Crippen LogP contribution in [0.15, 0.2) is 53.4 Å². The van der Waals surface area contributed by atoms with Crippen molar-refractivity contribution in [2.24, 2.45) is 0 Å². The van der Waals surface area contributed by atoms with E-state index in [1.54, 1.807) is 36.4 Å². The van der Waals surface area contributed by atoms with E-state index in [0.717, 1.165) is 31.5 Å². The van der Waals surface area contributed by atoms with E-state index < -0.39 is 10.0 Å². The fourth-order valence-electron chi connectivity index (χ4n) is 3.04. The van der Waals surface area contributed by atoms with Gasteiger partial charge >= 0.3 is 0 Å². The summed E-state index contributed by atoms with van der Waals surface area (Å²) in [5.41, 5.74) is 1.33. The van der Waals surface area contributed by atoms with Gasteiger partial charge in [0.25, 0.3) is 10.0 Å². The maximum Gasteiger partial charge on any atom is 0.261 e. The lowest BCUT2D eigenvalue weighted by Gasteiger charge is -2.15. The number of benzene rings is 2. The topological polar surface area (TPSA) is 75.7 Å². The Morgan fingerprint density at radius 1 is 1.04 bits per heavy atom. The molecule has 0 spiro atoms. The molecule has 7 heteroatoms. The number of anilines is 1. The molecule has 144 valence electrons. The molecule has 0 aromatic heterocycles. The molecule has 0 atom stereocenters. The van der Waals surface area contributed by atoms with Gasteiger partial charge in [-0.05, 0) is 61.7 Å². The zero-order chi connectivity index (χ0) is 19.3. The quantitative estimate of drug-likeness (QED) is 0.791. The van der Waals surface area contributed by atoms with Gasteiger partial charge in [-0.2, -0.15) is 0 Å². The average Bonchev–Trinajstić information content (AvgIpc) is 3.19. The fourth-order valence-corrected chi connectivity index (χ4v) is 4.10. The van der Waals surface area contributed by atoms with E-state index in [1.165, 1.54) is 12.1 Å². The van der Waals surface area contributed by atoms with Gasteiger partial charge in [0, 0.05) is 18.8 Å². The number of nitrogens with zero attached hydrogens (tertiary/aromatic N) is 1. The number of hydrogen-bond acceptors (Lipinski definition) is 4. The normalized spacial score (nSPS) is 14.2. The van der Waals surface area contributed by atoms with Crippen LogP contribution in [0.5, 0.6) is 5.75 Å². The highest BCUT2D eigenvalue weighted by molar-refractivity contribution is 7.92. The molecule has 0 radical (unpaired) electrons. The van der Waals surface area contributed by atoms with Crippen molar-refractivity contribution in [1.29, 1.82) is 0 Å². The Balaban J connectivity index is 1.63. The van der Waals surface area contributed by atoms with Gasteiger partial charge in [0.1, 0.15) is 5.75 Å². The van der Waals surface area contributed by atoms with Gasteiger partial charge in [-0.1, -0.05) is 12.1 Å². The van der Waals surface area contributed by atoms with E-state index in [9.17, 15) is 13.2 Å². The van der Waals surface area contributed by atoms with Crippen LogP contribution in [0.25, 0.3) is 0 Å². The van der Waals surface area contributed by atoms with Gasteiger partial charge in [-0.15, -0.1) is 0 Å². The van der Waals surface area contributed by atoms with E-state index in [4.69, 9.17) is 4.74 Å². The molecule has 2 aromatic carbocycles. The van der Waals surface area contributed by atoms with Crippen LogP contribution in [0, 0.1) is 0 Å². The second-order valence-corrected chi connectivity index (χ2v) is 8.15. The van der Waals surface area contributed by atoms with Crippen LogP contribution in [0.4, 0.5) is 5.69 Å². The Bertz CT molecular complexity index is 871. The third-order valence-corrected chi connectivity index (χ3v) is 5.86. The number of hydrogen-bond donors (Lipinski definition) is 1. The molecule has 1 heterocycles. The molecular weight excluding hydrogens is 364 g/mol. The lowest BCUT2D eigenvalue weighted by molar-refractivity contribution is -0.129. The second-order valence-electron chi connectivity index (χ2n) is 6.47. The molecule has 1 N–H and O–H groups in total. The summed E-state index contributed by atoms with van der Waals surface area (Å²) in [6.45, 7) is 4.06. The van der Waals surface area contributed by atoms with Gasteiger partial charge in [0.05, 0.1) is 17.9 Å². The Morgan fingerprint density at radius 2 is 1.67 bits per heavy atom. The summed E-state index contributed by atoms with van der Waals surface area (Å²) in [6, 6.07) is 13.2. The molecule has 1 saturated heterocycles. The maximum atomic E-state index is 12.5. The molecule has 6 nitrogen and oxygen atoms in total. The van der Waals surface area contributed by atoms with Crippen molar-refractivity contribution in [3.05, 3.63) is 54.1 Å². The van der Waals surface area contributed by atoms with Crippen molar-refractivity contribution >= 4 is 21.6 Å². The summed E-state index contributed by atoms with van der Waals surface area (Å²) in [5.74, 6) is 0.749. The number of likely N-dealkylation sites (tertiary alicyclic amines) is 1.